The minimum absolute atomic E-state index is 0.0173. The predicted molar refractivity (Wildman–Crippen MR) is 99.3 cm³/mol. The van der Waals surface area contributed by atoms with Gasteiger partial charge in [-0.15, -0.1) is 0 Å². The molecule has 0 saturated carbocycles. The number of hydrogen-bond donors (Lipinski definition) is 1. The summed E-state index contributed by atoms with van der Waals surface area (Å²) in [6, 6.07) is 11.1. The molecule has 3 rings (SSSR count). The summed E-state index contributed by atoms with van der Waals surface area (Å²) in [5.74, 6) is 0.0173. The van der Waals surface area contributed by atoms with Crippen LogP contribution in [0.2, 0.25) is 0 Å². The molecule has 1 aliphatic rings. The van der Waals surface area contributed by atoms with Crippen molar-refractivity contribution in [2.45, 2.75) is 31.8 Å². The molecule has 132 valence electrons. The first-order valence-electron chi connectivity index (χ1n) is 8.83. The molecule has 25 heavy (non-hydrogen) atoms. The van der Waals surface area contributed by atoms with E-state index in [0.717, 1.165) is 44.4 Å². The van der Waals surface area contributed by atoms with Gasteiger partial charge in [-0.25, -0.2) is 0 Å². The number of rotatable bonds is 6. The van der Waals surface area contributed by atoms with Crippen LogP contribution in [-0.4, -0.2) is 42.1 Å². The average Bonchev–Trinajstić information content (AvgIpc) is 3.15. The number of benzene rings is 1. The van der Waals surface area contributed by atoms with Gasteiger partial charge in [-0.3, -0.25) is 9.78 Å². The lowest BCUT2D eigenvalue weighted by molar-refractivity contribution is 0.0763. The van der Waals surface area contributed by atoms with Crippen LogP contribution in [0.1, 0.15) is 36.0 Å². The van der Waals surface area contributed by atoms with Crippen molar-refractivity contribution in [1.82, 2.24) is 9.88 Å². The molecule has 1 atom stereocenters. The number of ether oxygens (including phenoxy) is 1. The number of hydrogen-bond acceptors (Lipinski definition) is 4. The number of pyridine rings is 1. The third-order valence-corrected chi connectivity index (χ3v) is 4.61. The lowest BCUT2D eigenvalue weighted by atomic mass is 10.1. The Morgan fingerprint density at radius 3 is 3.00 bits per heavy atom. The molecule has 1 fully saturated rings. The summed E-state index contributed by atoms with van der Waals surface area (Å²) in [4.78, 5) is 18.8. The van der Waals surface area contributed by atoms with Gasteiger partial charge in [0.2, 0.25) is 0 Å². The third-order valence-electron chi connectivity index (χ3n) is 4.61. The van der Waals surface area contributed by atoms with E-state index in [1.807, 2.05) is 37.4 Å². The number of nitrogen functional groups attached to an aromatic ring is 1. The van der Waals surface area contributed by atoms with Crippen LogP contribution < -0.4 is 5.73 Å². The van der Waals surface area contributed by atoms with Crippen molar-refractivity contribution in [3.05, 3.63) is 48.2 Å². The predicted octanol–water partition coefficient (Wildman–Crippen LogP) is 3.36. The maximum Gasteiger partial charge on any atom is 0.253 e. The van der Waals surface area contributed by atoms with Crippen molar-refractivity contribution in [2.75, 3.05) is 25.9 Å². The normalized spacial score (nSPS) is 16.8. The van der Waals surface area contributed by atoms with Gasteiger partial charge in [0.1, 0.15) is 0 Å². The summed E-state index contributed by atoms with van der Waals surface area (Å²) in [6.07, 6.45) is 6.35. The Kier molecular flexibility index (Phi) is 5.66. The fourth-order valence-electron chi connectivity index (χ4n) is 3.21. The van der Waals surface area contributed by atoms with Crippen LogP contribution in [0.5, 0.6) is 0 Å². The molecule has 1 amide bonds. The molecular weight excluding hydrogens is 314 g/mol. The maximum atomic E-state index is 12.7. The van der Waals surface area contributed by atoms with Crippen molar-refractivity contribution in [3.8, 4) is 11.3 Å². The quantitative estimate of drug-likeness (QED) is 0.876. The third kappa shape index (κ3) is 4.37. The first kappa shape index (κ1) is 17.4. The average molecular weight is 339 g/mol. The molecule has 1 aromatic heterocycles. The zero-order chi connectivity index (χ0) is 17.6. The van der Waals surface area contributed by atoms with Gasteiger partial charge in [-0.1, -0.05) is 12.1 Å². The van der Waals surface area contributed by atoms with Gasteiger partial charge in [0.05, 0.1) is 17.5 Å². The number of anilines is 1. The lowest BCUT2D eigenvalue weighted by Gasteiger charge is -2.18. The van der Waals surface area contributed by atoms with E-state index in [1.165, 1.54) is 0 Å². The molecule has 0 bridgehead atoms. The largest absolute Gasteiger partial charge is 0.397 e. The Balaban J connectivity index is 1.63. The van der Waals surface area contributed by atoms with Gasteiger partial charge in [0.25, 0.3) is 5.91 Å². The zero-order valence-corrected chi connectivity index (χ0v) is 14.6. The minimum atomic E-state index is 0.0173. The van der Waals surface area contributed by atoms with Crippen molar-refractivity contribution in [2.24, 2.45) is 0 Å². The van der Waals surface area contributed by atoms with Crippen molar-refractivity contribution in [1.29, 1.82) is 0 Å². The van der Waals surface area contributed by atoms with E-state index in [2.05, 4.69) is 4.98 Å². The Labute approximate surface area is 148 Å². The van der Waals surface area contributed by atoms with E-state index >= 15 is 0 Å². The summed E-state index contributed by atoms with van der Waals surface area (Å²) in [5, 5.41) is 0. The first-order valence-corrected chi connectivity index (χ1v) is 8.83. The van der Waals surface area contributed by atoms with E-state index in [1.54, 1.807) is 17.2 Å². The molecule has 2 aromatic rings. The Bertz CT molecular complexity index is 726. The van der Waals surface area contributed by atoms with Crippen molar-refractivity contribution >= 4 is 11.6 Å². The summed E-state index contributed by atoms with van der Waals surface area (Å²) < 4.78 is 5.63. The van der Waals surface area contributed by atoms with E-state index in [4.69, 9.17) is 10.5 Å². The molecule has 5 heteroatoms. The monoisotopic (exact) mass is 339 g/mol. The highest BCUT2D eigenvalue weighted by Gasteiger charge is 2.17. The zero-order valence-electron chi connectivity index (χ0n) is 14.6. The van der Waals surface area contributed by atoms with Crippen molar-refractivity contribution in [3.63, 3.8) is 0 Å². The molecule has 0 spiro atoms. The minimum Gasteiger partial charge on any atom is -0.397 e. The summed E-state index contributed by atoms with van der Waals surface area (Å²) >= 11 is 0. The molecule has 1 aliphatic heterocycles. The molecule has 5 nitrogen and oxygen atoms in total. The highest BCUT2D eigenvalue weighted by atomic mass is 16.5. The second-order valence-corrected chi connectivity index (χ2v) is 6.53. The van der Waals surface area contributed by atoms with Crippen LogP contribution in [0.15, 0.2) is 42.6 Å². The van der Waals surface area contributed by atoms with Gasteiger partial charge in [0, 0.05) is 37.5 Å². The van der Waals surface area contributed by atoms with E-state index in [0.29, 0.717) is 23.0 Å². The summed E-state index contributed by atoms with van der Waals surface area (Å²) in [6.45, 7) is 1.61. The standard InChI is InChI=1S/C20H25N3O2/c1-23(12-4-8-17-9-5-13-25-17)20(24)16-7-2-6-15(14-16)19-18(21)10-3-11-22-19/h2-3,6-7,10-11,14,17H,4-5,8-9,12-13,21H2,1H3. The fourth-order valence-corrected chi connectivity index (χ4v) is 3.21. The molecule has 2 heterocycles. The van der Waals surface area contributed by atoms with Gasteiger partial charge >= 0.3 is 0 Å². The maximum absolute atomic E-state index is 12.7. The van der Waals surface area contributed by atoms with Gasteiger partial charge in [0.15, 0.2) is 0 Å². The van der Waals surface area contributed by atoms with Crippen LogP contribution in [0.4, 0.5) is 5.69 Å². The molecule has 1 saturated heterocycles. The Morgan fingerprint density at radius 1 is 1.36 bits per heavy atom. The summed E-state index contributed by atoms with van der Waals surface area (Å²) in [7, 11) is 1.85. The van der Waals surface area contributed by atoms with E-state index in [9.17, 15) is 4.79 Å². The van der Waals surface area contributed by atoms with E-state index < -0.39 is 0 Å². The van der Waals surface area contributed by atoms with Crippen LogP contribution in [-0.2, 0) is 4.74 Å². The SMILES string of the molecule is CN(CCCC1CCCO1)C(=O)c1cccc(-c2ncccc2N)c1. The first-order chi connectivity index (χ1) is 12.1. The van der Waals surface area contributed by atoms with Crippen LogP contribution in [0, 0.1) is 0 Å². The molecular formula is C20H25N3O2. The number of nitrogens with two attached hydrogens (primary N) is 1. The van der Waals surface area contributed by atoms with Crippen LogP contribution in [0.25, 0.3) is 11.3 Å². The van der Waals surface area contributed by atoms with Crippen LogP contribution in [0.3, 0.4) is 0 Å². The van der Waals surface area contributed by atoms with Crippen molar-refractivity contribution < 1.29 is 9.53 Å². The topological polar surface area (TPSA) is 68.5 Å². The summed E-state index contributed by atoms with van der Waals surface area (Å²) in [5.41, 5.74) is 8.82. The molecule has 1 unspecified atom stereocenters. The molecule has 0 radical (unpaired) electrons. The number of carbonyl (C=O) groups excluding carboxylic acids is 1. The van der Waals surface area contributed by atoms with Gasteiger partial charge in [-0.2, -0.15) is 0 Å². The highest BCUT2D eigenvalue weighted by molar-refractivity contribution is 5.95. The lowest BCUT2D eigenvalue weighted by Crippen LogP contribution is -2.28. The Hall–Kier alpha value is -2.40. The highest BCUT2D eigenvalue weighted by Crippen LogP contribution is 2.24. The number of carbonyl (C=O) groups is 1. The number of aromatic nitrogens is 1. The number of amides is 1. The molecule has 0 aliphatic carbocycles. The smallest absolute Gasteiger partial charge is 0.253 e. The second kappa shape index (κ2) is 8.12. The van der Waals surface area contributed by atoms with Gasteiger partial charge in [-0.05, 0) is 49.9 Å². The fraction of sp³-hybridized carbons (Fsp3) is 0.400. The van der Waals surface area contributed by atoms with Crippen LogP contribution >= 0.6 is 0 Å². The van der Waals surface area contributed by atoms with Gasteiger partial charge < -0.3 is 15.4 Å². The molecule has 1 aromatic carbocycles. The second-order valence-electron chi connectivity index (χ2n) is 6.53. The van der Waals surface area contributed by atoms with E-state index in [-0.39, 0.29) is 5.91 Å². The Morgan fingerprint density at radius 2 is 2.24 bits per heavy atom. The number of nitrogens with zero attached hydrogens (tertiary/aromatic N) is 2. The molecule has 2 N–H and O–H groups in total.